The molecule has 0 spiro atoms. The third-order valence-corrected chi connectivity index (χ3v) is 5.49. The lowest BCUT2D eigenvalue weighted by Gasteiger charge is -2.11. The van der Waals surface area contributed by atoms with E-state index < -0.39 is 30.0 Å². The smallest absolute Gasteiger partial charge is 0.282 e. The predicted octanol–water partition coefficient (Wildman–Crippen LogP) is 3.25. The van der Waals surface area contributed by atoms with E-state index in [4.69, 9.17) is 11.6 Å². The Hall–Kier alpha value is -1.97. The van der Waals surface area contributed by atoms with Crippen LogP contribution in [0.2, 0.25) is 5.02 Å². The molecule has 128 valence electrons. The molecular weight excluding hydrogens is 388 g/mol. The first-order valence-electron chi connectivity index (χ1n) is 6.68. The highest BCUT2D eigenvalue weighted by Gasteiger charge is 2.18. The summed E-state index contributed by atoms with van der Waals surface area (Å²) >= 11 is 6.13. The molecule has 0 aliphatic rings. The Morgan fingerprint density at radius 2 is 1.56 bits per heavy atom. The molecule has 0 atom stereocenters. The van der Waals surface area contributed by atoms with Crippen LogP contribution in [0.15, 0.2) is 52.3 Å². The lowest BCUT2D eigenvalue weighted by molar-refractivity contribution is 0.481. The van der Waals surface area contributed by atoms with Crippen molar-refractivity contribution < 1.29 is 25.9 Å². The molecule has 2 radical (unpaired) electrons. The highest BCUT2D eigenvalue weighted by Crippen LogP contribution is 2.36. The molecule has 0 aliphatic carbocycles. The van der Waals surface area contributed by atoms with Crippen LogP contribution in [0.3, 0.4) is 0 Å². The minimum absolute atomic E-state index is 0.224. The molecular formula is C16H9ClO6S2. The summed E-state index contributed by atoms with van der Waals surface area (Å²) in [5.41, 5.74) is 0.655. The highest BCUT2D eigenvalue weighted by molar-refractivity contribution is 7.86. The van der Waals surface area contributed by atoms with Crippen molar-refractivity contribution in [2.75, 3.05) is 0 Å². The summed E-state index contributed by atoms with van der Waals surface area (Å²) < 4.78 is 64.4. The lowest BCUT2D eigenvalue weighted by Crippen LogP contribution is -2.01. The summed E-state index contributed by atoms with van der Waals surface area (Å²) in [7, 11) is -8.99. The third-order valence-electron chi connectivity index (χ3n) is 3.51. The van der Waals surface area contributed by atoms with E-state index in [0.29, 0.717) is 5.56 Å². The molecule has 3 aromatic rings. The summed E-state index contributed by atoms with van der Waals surface area (Å²) in [6, 6.07) is 14.4. The van der Waals surface area contributed by atoms with Gasteiger partial charge in [-0.2, -0.15) is 16.8 Å². The summed E-state index contributed by atoms with van der Waals surface area (Å²) in [5.74, 6) is 0. The number of rotatable bonds is 3. The van der Waals surface area contributed by atoms with Gasteiger partial charge in [0.25, 0.3) is 20.2 Å². The van der Waals surface area contributed by atoms with Crippen molar-refractivity contribution in [3.8, 4) is 11.1 Å². The molecule has 3 aromatic carbocycles. The number of hydrogen-bond donors (Lipinski definition) is 2. The highest BCUT2D eigenvalue weighted by atomic mass is 35.5. The first-order valence-corrected chi connectivity index (χ1v) is 9.93. The van der Waals surface area contributed by atoms with Crippen molar-refractivity contribution in [2.45, 2.75) is 9.79 Å². The van der Waals surface area contributed by atoms with E-state index in [-0.39, 0.29) is 21.4 Å². The molecule has 6 nitrogen and oxygen atoms in total. The fourth-order valence-electron chi connectivity index (χ4n) is 2.38. The van der Waals surface area contributed by atoms with Crippen LogP contribution in [-0.2, 0) is 20.2 Å². The predicted molar refractivity (Wildman–Crippen MR) is 91.7 cm³/mol. The van der Waals surface area contributed by atoms with Crippen LogP contribution in [0.1, 0.15) is 0 Å². The van der Waals surface area contributed by atoms with Gasteiger partial charge < -0.3 is 0 Å². The monoisotopic (exact) mass is 396 g/mol. The van der Waals surface area contributed by atoms with Gasteiger partial charge in [0.05, 0.1) is 9.79 Å². The molecule has 0 amide bonds. The Morgan fingerprint density at radius 3 is 2.16 bits per heavy atom. The summed E-state index contributed by atoms with van der Waals surface area (Å²) in [6.07, 6.45) is 0. The zero-order valence-corrected chi connectivity index (χ0v) is 14.7. The fraction of sp³-hybridized carbons (Fsp3) is 0. The summed E-state index contributed by atoms with van der Waals surface area (Å²) in [5, 5.41) is 0.755. The van der Waals surface area contributed by atoms with Gasteiger partial charge in [-0.1, -0.05) is 23.7 Å². The molecule has 9 heteroatoms. The maximum absolute atomic E-state index is 11.5. The Labute approximate surface area is 149 Å². The van der Waals surface area contributed by atoms with E-state index in [0.717, 1.165) is 12.1 Å². The molecule has 0 saturated carbocycles. The van der Waals surface area contributed by atoms with Crippen LogP contribution in [-0.4, -0.2) is 25.9 Å². The molecule has 3 rings (SSSR count). The lowest BCUT2D eigenvalue weighted by atomic mass is 9.98. The van der Waals surface area contributed by atoms with Crippen molar-refractivity contribution in [2.24, 2.45) is 0 Å². The number of benzene rings is 3. The molecule has 0 saturated heterocycles. The fourth-order valence-corrected chi connectivity index (χ4v) is 3.62. The van der Waals surface area contributed by atoms with Gasteiger partial charge in [-0.05, 0) is 58.8 Å². The average molecular weight is 397 g/mol. The van der Waals surface area contributed by atoms with E-state index in [1.165, 1.54) is 18.2 Å². The molecule has 25 heavy (non-hydrogen) atoms. The zero-order chi connectivity index (χ0) is 18.4. The van der Waals surface area contributed by atoms with Crippen LogP contribution in [0.25, 0.3) is 21.9 Å². The quantitative estimate of drug-likeness (QED) is 0.658. The largest absolute Gasteiger partial charge is 0.294 e. The second kappa shape index (κ2) is 6.08. The second-order valence-electron chi connectivity index (χ2n) is 5.12. The van der Waals surface area contributed by atoms with Crippen LogP contribution >= 0.6 is 11.6 Å². The molecule has 0 fully saturated rings. The van der Waals surface area contributed by atoms with Crippen LogP contribution in [0, 0.1) is 12.1 Å². The van der Waals surface area contributed by atoms with E-state index in [1.54, 1.807) is 12.1 Å². The maximum Gasteiger partial charge on any atom is 0.294 e. The Morgan fingerprint density at radius 1 is 0.880 bits per heavy atom. The first kappa shape index (κ1) is 17.8. The Balaban J connectivity index is 2.47. The second-order valence-corrected chi connectivity index (χ2v) is 8.37. The van der Waals surface area contributed by atoms with E-state index in [1.807, 2.05) is 0 Å². The van der Waals surface area contributed by atoms with Gasteiger partial charge in [0, 0.05) is 10.6 Å². The van der Waals surface area contributed by atoms with Crippen molar-refractivity contribution in [3.05, 3.63) is 59.6 Å². The Bertz CT molecular complexity index is 1200. The van der Waals surface area contributed by atoms with E-state index >= 15 is 0 Å². The minimum atomic E-state index is -4.51. The van der Waals surface area contributed by atoms with Crippen LogP contribution in [0.5, 0.6) is 0 Å². The average Bonchev–Trinajstić information content (AvgIpc) is 2.52. The van der Waals surface area contributed by atoms with E-state index in [9.17, 15) is 25.9 Å². The van der Waals surface area contributed by atoms with Gasteiger partial charge in [0.15, 0.2) is 0 Å². The van der Waals surface area contributed by atoms with Crippen molar-refractivity contribution in [1.82, 2.24) is 0 Å². The van der Waals surface area contributed by atoms with E-state index in [2.05, 4.69) is 12.1 Å². The molecule has 0 aliphatic heterocycles. The van der Waals surface area contributed by atoms with Gasteiger partial charge >= 0.3 is 0 Å². The van der Waals surface area contributed by atoms with Crippen LogP contribution in [0.4, 0.5) is 0 Å². The third kappa shape index (κ3) is 3.53. The molecule has 0 unspecified atom stereocenters. The summed E-state index contributed by atoms with van der Waals surface area (Å²) in [6.45, 7) is 0. The van der Waals surface area contributed by atoms with Crippen molar-refractivity contribution >= 4 is 42.6 Å². The maximum atomic E-state index is 11.5. The normalized spacial score (nSPS) is 12.4. The molecule has 0 heterocycles. The topological polar surface area (TPSA) is 109 Å². The van der Waals surface area contributed by atoms with Crippen LogP contribution < -0.4 is 0 Å². The molecule has 2 N–H and O–H groups in total. The SMILES string of the molecule is O=S(=O)(O)c1cc(-c2cc[c]cc2Cl)c2cc(S(=O)(=O)O)c[c]c2c1. The number of hydrogen-bond acceptors (Lipinski definition) is 4. The molecule has 0 bridgehead atoms. The zero-order valence-electron chi connectivity index (χ0n) is 12.3. The first-order chi connectivity index (χ1) is 11.6. The summed E-state index contributed by atoms with van der Waals surface area (Å²) in [4.78, 5) is -0.797. The van der Waals surface area contributed by atoms with Gasteiger partial charge in [0.2, 0.25) is 0 Å². The van der Waals surface area contributed by atoms with Crippen molar-refractivity contribution in [3.63, 3.8) is 0 Å². The van der Waals surface area contributed by atoms with Gasteiger partial charge in [-0.3, -0.25) is 9.11 Å². The standard InChI is InChI=1S/C16H9ClO6S2/c17-16-4-2-1-3-13(16)15-9-12(25(21,22)23)7-10-5-6-11(8-14(10)15)24(18,19)20/h1,3-4,6-9H,(H,18,19,20)(H,21,22,23). The number of halogens is 1. The van der Waals surface area contributed by atoms with Gasteiger partial charge in [-0.25, -0.2) is 0 Å². The Kier molecular flexibility index (Phi) is 4.34. The molecule has 0 aromatic heterocycles. The van der Waals surface area contributed by atoms with Gasteiger partial charge in [0.1, 0.15) is 0 Å². The van der Waals surface area contributed by atoms with Crippen molar-refractivity contribution in [1.29, 1.82) is 0 Å². The number of fused-ring (bicyclic) bond motifs is 1. The van der Waals surface area contributed by atoms with Gasteiger partial charge in [-0.15, -0.1) is 0 Å². The minimum Gasteiger partial charge on any atom is -0.282 e.